The molecular weight excluding hydrogens is 238 g/mol. The highest BCUT2D eigenvalue weighted by Crippen LogP contribution is 2.17. The lowest BCUT2D eigenvalue weighted by molar-refractivity contribution is 0.111. The maximum Gasteiger partial charge on any atom is 0.172 e. The van der Waals surface area contributed by atoms with Crippen molar-refractivity contribution in [2.45, 2.75) is 40.0 Å². The van der Waals surface area contributed by atoms with Crippen LogP contribution in [-0.2, 0) is 6.42 Å². The SMILES string of the molecule is CCCCc1c(C=O)nnn1-c1cc(C)cc(C)c1. The van der Waals surface area contributed by atoms with Gasteiger partial charge in [-0.1, -0.05) is 24.6 Å². The molecule has 0 spiro atoms. The number of nitrogens with zero attached hydrogens (tertiary/aromatic N) is 3. The lowest BCUT2D eigenvalue weighted by Gasteiger charge is -2.08. The van der Waals surface area contributed by atoms with Gasteiger partial charge in [-0.15, -0.1) is 5.10 Å². The Hall–Kier alpha value is -1.97. The van der Waals surface area contributed by atoms with Gasteiger partial charge in [-0.05, 0) is 49.9 Å². The molecule has 1 aromatic carbocycles. The highest BCUT2D eigenvalue weighted by Gasteiger charge is 2.13. The van der Waals surface area contributed by atoms with Crippen molar-refractivity contribution < 1.29 is 4.79 Å². The van der Waals surface area contributed by atoms with Crippen molar-refractivity contribution in [1.29, 1.82) is 0 Å². The molecule has 0 amide bonds. The van der Waals surface area contributed by atoms with Crippen molar-refractivity contribution in [1.82, 2.24) is 15.0 Å². The maximum absolute atomic E-state index is 11.1. The summed E-state index contributed by atoms with van der Waals surface area (Å²) in [6, 6.07) is 6.24. The third-order valence-electron chi connectivity index (χ3n) is 3.12. The predicted molar refractivity (Wildman–Crippen MR) is 74.8 cm³/mol. The summed E-state index contributed by atoms with van der Waals surface area (Å²) in [4.78, 5) is 11.1. The minimum Gasteiger partial charge on any atom is -0.296 e. The number of hydrogen-bond donors (Lipinski definition) is 0. The van der Waals surface area contributed by atoms with E-state index in [1.54, 1.807) is 4.68 Å². The summed E-state index contributed by atoms with van der Waals surface area (Å²) in [5.74, 6) is 0. The second kappa shape index (κ2) is 5.78. The Morgan fingerprint density at radius 2 is 1.89 bits per heavy atom. The van der Waals surface area contributed by atoms with Gasteiger partial charge in [0.05, 0.1) is 11.4 Å². The Morgan fingerprint density at radius 1 is 1.21 bits per heavy atom. The van der Waals surface area contributed by atoms with Gasteiger partial charge in [-0.3, -0.25) is 4.79 Å². The second-order valence-corrected chi connectivity index (χ2v) is 4.90. The lowest BCUT2D eigenvalue weighted by Crippen LogP contribution is -2.04. The molecule has 0 radical (unpaired) electrons. The van der Waals surface area contributed by atoms with Crippen molar-refractivity contribution >= 4 is 6.29 Å². The van der Waals surface area contributed by atoms with Crippen molar-refractivity contribution in [2.24, 2.45) is 0 Å². The molecule has 0 atom stereocenters. The first-order chi connectivity index (χ1) is 9.15. The first-order valence-electron chi connectivity index (χ1n) is 6.64. The molecule has 19 heavy (non-hydrogen) atoms. The van der Waals surface area contributed by atoms with Gasteiger partial charge in [0.2, 0.25) is 0 Å². The highest BCUT2D eigenvalue weighted by molar-refractivity contribution is 5.73. The van der Waals surface area contributed by atoms with Crippen LogP contribution in [0.25, 0.3) is 5.69 Å². The van der Waals surface area contributed by atoms with Crippen molar-refractivity contribution in [3.63, 3.8) is 0 Å². The molecule has 1 aromatic heterocycles. The van der Waals surface area contributed by atoms with E-state index in [0.717, 1.165) is 36.9 Å². The average Bonchev–Trinajstić information content (AvgIpc) is 2.77. The fourth-order valence-electron chi connectivity index (χ4n) is 2.26. The Morgan fingerprint density at radius 3 is 2.47 bits per heavy atom. The molecule has 4 heteroatoms. The average molecular weight is 257 g/mol. The Bertz CT molecular complexity index is 567. The zero-order valence-corrected chi connectivity index (χ0v) is 11.7. The van der Waals surface area contributed by atoms with Crippen molar-refractivity contribution in [2.75, 3.05) is 0 Å². The van der Waals surface area contributed by atoms with Gasteiger partial charge in [0.25, 0.3) is 0 Å². The molecule has 0 bridgehead atoms. The third kappa shape index (κ3) is 2.89. The molecule has 0 N–H and O–H groups in total. The molecule has 2 aromatic rings. The zero-order chi connectivity index (χ0) is 13.8. The van der Waals surface area contributed by atoms with Crippen LogP contribution in [-0.4, -0.2) is 21.3 Å². The predicted octanol–water partition coefficient (Wildman–Crippen LogP) is 3.04. The van der Waals surface area contributed by atoms with Gasteiger partial charge >= 0.3 is 0 Å². The van der Waals surface area contributed by atoms with E-state index in [1.807, 2.05) is 0 Å². The number of unbranched alkanes of at least 4 members (excludes halogenated alkanes) is 1. The second-order valence-electron chi connectivity index (χ2n) is 4.90. The Labute approximate surface area is 113 Å². The van der Waals surface area contributed by atoms with Crippen LogP contribution in [0.3, 0.4) is 0 Å². The van der Waals surface area contributed by atoms with Crippen LogP contribution in [0.15, 0.2) is 18.2 Å². The van der Waals surface area contributed by atoms with Crippen molar-refractivity contribution in [3.8, 4) is 5.69 Å². The fraction of sp³-hybridized carbons (Fsp3) is 0.400. The number of aldehydes is 1. The highest BCUT2D eigenvalue weighted by atomic mass is 16.1. The van der Waals surface area contributed by atoms with E-state index < -0.39 is 0 Å². The number of benzene rings is 1. The molecule has 1 heterocycles. The first-order valence-corrected chi connectivity index (χ1v) is 6.64. The molecule has 2 rings (SSSR count). The number of rotatable bonds is 5. The quantitative estimate of drug-likeness (QED) is 0.773. The smallest absolute Gasteiger partial charge is 0.172 e. The fourth-order valence-corrected chi connectivity index (χ4v) is 2.26. The van der Waals surface area contributed by atoms with E-state index >= 15 is 0 Å². The molecule has 0 saturated heterocycles. The van der Waals surface area contributed by atoms with Gasteiger partial charge in [0, 0.05) is 0 Å². The summed E-state index contributed by atoms with van der Waals surface area (Å²) in [6.45, 7) is 6.24. The summed E-state index contributed by atoms with van der Waals surface area (Å²) < 4.78 is 1.79. The van der Waals surface area contributed by atoms with Gasteiger partial charge < -0.3 is 0 Å². The van der Waals surface area contributed by atoms with E-state index in [4.69, 9.17) is 0 Å². The number of aromatic nitrogens is 3. The summed E-state index contributed by atoms with van der Waals surface area (Å²) in [5, 5.41) is 8.10. The summed E-state index contributed by atoms with van der Waals surface area (Å²) in [5.41, 5.74) is 4.69. The topological polar surface area (TPSA) is 47.8 Å². The summed E-state index contributed by atoms with van der Waals surface area (Å²) >= 11 is 0. The molecule has 0 saturated carbocycles. The lowest BCUT2D eigenvalue weighted by atomic mass is 10.1. The standard InChI is InChI=1S/C15H19N3O/c1-4-5-6-15-14(10-19)16-17-18(15)13-8-11(2)7-12(3)9-13/h7-10H,4-6H2,1-3H3. The zero-order valence-electron chi connectivity index (χ0n) is 11.7. The monoisotopic (exact) mass is 257 g/mol. The summed E-state index contributed by atoms with van der Waals surface area (Å²) in [6.07, 6.45) is 3.72. The van der Waals surface area contributed by atoms with Crippen molar-refractivity contribution in [3.05, 3.63) is 40.7 Å². The van der Waals surface area contributed by atoms with Gasteiger partial charge in [0.1, 0.15) is 5.69 Å². The molecule has 0 aliphatic carbocycles. The van der Waals surface area contributed by atoms with E-state index in [0.29, 0.717) is 5.69 Å². The molecule has 100 valence electrons. The molecule has 0 unspecified atom stereocenters. The number of aryl methyl sites for hydroxylation is 2. The van der Waals surface area contributed by atoms with Gasteiger partial charge in [0.15, 0.2) is 6.29 Å². The maximum atomic E-state index is 11.1. The minimum absolute atomic E-state index is 0.451. The van der Waals surface area contributed by atoms with E-state index in [1.165, 1.54) is 11.1 Å². The number of hydrogen-bond acceptors (Lipinski definition) is 3. The number of carbonyl (C=O) groups excluding carboxylic acids is 1. The van der Waals surface area contributed by atoms with Gasteiger partial charge in [-0.2, -0.15) is 0 Å². The summed E-state index contributed by atoms with van der Waals surface area (Å²) in [7, 11) is 0. The van der Waals surface area contributed by atoms with Crippen LogP contribution >= 0.6 is 0 Å². The normalized spacial score (nSPS) is 10.7. The van der Waals surface area contributed by atoms with Crippen LogP contribution in [0.5, 0.6) is 0 Å². The van der Waals surface area contributed by atoms with Gasteiger partial charge in [-0.25, -0.2) is 4.68 Å². The molecule has 4 nitrogen and oxygen atoms in total. The van der Waals surface area contributed by atoms with Crippen LogP contribution in [0.1, 0.15) is 47.1 Å². The van der Waals surface area contributed by atoms with Crippen LogP contribution in [0.2, 0.25) is 0 Å². The molecule has 0 fully saturated rings. The van der Waals surface area contributed by atoms with E-state index in [-0.39, 0.29) is 0 Å². The van der Waals surface area contributed by atoms with E-state index in [2.05, 4.69) is 49.3 Å². The van der Waals surface area contributed by atoms with E-state index in [9.17, 15) is 4.79 Å². The molecule has 0 aliphatic heterocycles. The Balaban J connectivity index is 2.48. The first kappa shape index (κ1) is 13.5. The minimum atomic E-state index is 0.451. The van der Waals surface area contributed by atoms with Crippen LogP contribution in [0.4, 0.5) is 0 Å². The number of carbonyl (C=O) groups is 1. The largest absolute Gasteiger partial charge is 0.296 e. The third-order valence-corrected chi connectivity index (χ3v) is 3.12. The van der Waals surface area contributed by atoms with Crippen LogP contribution < -0.4 is 0 Å². The molecular formula is C15H19N3O. The van der Waals surface area contributed by atoms with Crippen LogP contribution in [0, 0.1) is 13.8 Å². The Kier molecular flexibility index (Phi) is 4.10. The molecule has 0 aliphatic rings.